The molecule has 0 amide bonds. The number of hydrogen-bond donors (Lipinski definition) is 1. The molecule has 0 bridgehead atoms. The molecule has 0 aromatic heterocycles. The minimum Gasteiger partial charge on any atom is -0.607 e. The molecule has 0 rings (SSSR count). The molecule has 0 aromatic carbocycles. The Hall–Kier alpha value is -1.99. The van der Waals surface area contributed by atoms with Crippen molar-refractivity contribution in [3.63, 3.8) is 0 Å². The van der Waals surface area contributed by atoms with E-state index in [0.29, 0.717) is 0 Å². The van der Waals surface area contributed by atoms with Gasteiger partial charge in [0.2, 0.25) is 0 Å². The number of aliphatic hydroxyl groups excluding tert-OH is 1. The van der Waals surface area contributed by atoms with Crippen molar-refractivity contribution in [1.82, 2.24) is 0 Å². The van der Waals surface area contributed by atoms with Gasteiger partial charge in [-0.15, -0.1) is 6.08 Å². The van der Waals surface area contributed by atoms with E-state index in [9.17, 15) is 4.79 Å². The predicted octanol–water partition coefficient (Wildman–Crippen LogP) is 0.0343. The van der Waals surface area contributed by atoms with Gasteiger partial charge < -0.3 is 14.6 Å². The summed E-state index contributed by atoms with van der Waals surface area (Å²) in [4.78, 5) is 9.91. The number of esters is 1. The summed E-state index contributed by atoms with van der Waals surface area (Å²) >= 11 is 0. The molecule has 0 aromatic rings. The van der Waals surface area contributed by atoms with Crippen molar-refractivity contribution in [3.05, 3.63) is 12.3 Å². The van der Waals surface area contributed by atoms with E-state index in [1.807, 2.05) is 0 Å². The monoisotopic (exact) mass is 368 g/mol. The van der Waals surface area contributed by atoms with Gasteiger partial charge in [0.1, 0.15) is 0 Å². The van der Waals surface area contributed by atoms with E-state index in [-0.39, 0.29) is 0 Å². The minimum absolute atomic E-state index is 0. The van der Waals surface area contributed by atoms with Crippen molar-refractivity contribution >= 4 is 5.97 Å². The molecule has 0 radical (unpaired) electrons. The van der Waals surface area contributed by atoms with Gasteiger partial charge in [0, 0.05) is 0 Å². The summed E-state index contributed by atoms with van der Waals surface area (Å²) in [7, 11) is 1.22. The Morgan fingerprint density at radius 1 is 1.88 bits per heavy atom. The summed E-state index contributed by atoms with van der Waals surface area (Å²) in [5.41, 5.74) is 0. The van der Waals surface area contributed by atoms with Crippen molar-refractivity contribution in [2.45, 2.75) is 0 Å². The Kier molecular flexibility index (Phi) is 5.88. The third-order valence-corrected chi connectivity index (χ3v) is 0.384. The first-order valence-corrected chi connectivity index (χ1v) is 1.62. The molecular formula is C4H5O3Rf-. The topological polar surface area (TPSA) is 46.5 Å². The number of carbonyl (C=O) groups is 1. The Bertz CT molecular complexity index is 89.3. The van der Waals surface area contributed by atoms with Crippen LogP contribution in [-0.4, -0.2) is 18.2 Å². The van der Waals surface area contributed by atoms with Crippen LogP contribution in [0.15, 0.2) is 6.08 Å². The molecule has 0 heterocycles. The van der Waals surface area contributed by atoms with Crippen LogP contribution in [0.5, 0.6) is 0 Å². The van der Waals surface area contributed by atoms with Crippen LogP contribution in [0.2, 0.25) is 0 Å². The van der Waals surface area contributed by atoms with Crippen LogP contribution in [0, 0.1) is 6.26 Å². The maximum atomic E-state index is 9.91. The third kappa shape index (κ3) is 4.01. The summed E-state index contributed by atoms with van der Waals surface area (Å²) in [5.74, 6) is -0.609. The molecule has 0 saturated heterocycles. The molecule has 8 heavy (non-hydrogen) atoms. The first-order valence-electron chi connectivity index (χ1n) is 1.62. The maximum Gasteiger partial charge on any atom is 0.170 e. The minimum atomic E-state index is -0.609. The average Bonchev–Trinajstić information content (AvgIpc) is 1.68. The molecule has 4 heteroatoms. The van der Waals surface area contributed by atoms with E-state index in [0.717, 1.165) is 6.08 Å². The van der Waals surface area contributed by atoms with E-state index in [1.54, 1.807) is 0 Å². The molecule has 0 aliphatic heterocycles. The van der Waals surface area contributed by atoms with Gasteiger partial charge in [-0.1, -0.05) is 6.26 Å². The average molecular weight is 368 g/mol. The summed E-state index contributed by atoms with van der Waals surface area (Å²) in [6, 6.07) is 0. The number of carbonyl (C=O) groups excluding carboxylic acids is 1. The molecule has 0 atom stereocenters. The van der Waals surface area contributed by atoms with Crippen LogP contribution >= 0.6 is 0 Å². The fourth-order valence-corrected chi connectivity index (χ4v) is 0.112. The van der Waals surface area contributed by atoms with Gasteiger partial charge in [0.05, 0.1) is 7.11 Å². The normalized spacial score (nSPS) is 8.12. The second-order valence-corrected chi connectivity index (χ2v) is 0.797. The molecule has 0 fully saturated rings. The Labute approximate surface area is 41.2 Å². The van der Waals surface area contributed by atoms with Crippen LogP contribution < -0.4 is 0 Å². The second kappa shape index (κ2) is 5.01. The van der Waals surface area contributed by atoms with Gasteiger partial charge in [-0.05, 0) is 0 Å². The zero-order valence-corrected chi connectivity index (χ0v) is 10.9. The van der Waals surface area contributed by atoms with Crippen molar-refractivity contribution in [2.24, 2.45) is 0 Å². The summed E-state index contributed by atoms with van der Waals surface area (Å²) < 4.78 is 4.07. The smallest absolute Gasteiger partial charge is 0.170 e. The second-order valence-electron chi connectivity index (χ2n) is 0.797. The number of methoxy groups -OCH3 is 1. The first-order chi connectivity index (χ1) is 3.31. The fourth-order valence-electron chi connectivity index (χ4n) is 0.112. The summed E-state index contributed by atoms with van der Waals surface area (Å²) in [6.45, 7) is 0. The van der Waals surface area contributed by atoms with Gasteiger partial charge in [-0.3, -0.25) is 0 Å². The van der Waals surface area contributed by atoms with Crippen LogP contribution in [0.25, 0.3) is 0 Å². The van der Waals surface area contributed by atoms with Gasteiger partial charge in [-0.2, -0.15) is 0 Å². The van der Waals surface area contributed by atoms with Crippen molar-refractivity contribution in [1.29, 1.82) is 0 Å². The molecule has 0 aliphatic rings. The summed E-state index contributed by atoms with van der Waals surface area (Å²) in [6.07, 6.45) is 2.31. The Morgan fingerprint density at radius 2 is 2.38 bits per heavy atom. The maximum absolute atomic E-state index is 9.91. The zero-order chi connectivity index (χ0) is 5.70. The largest absolute Gasteiger partial charge is 0.607 e. The molecule has 42 valence electrons. The molecule has 0 unspecified atom stereocenters. The van der Waals surface area contributed by atoms with Crippen molar-refractivity contribution < 1.29 is 14.6 Å². The van der Waals surface area contributed by atoms with Gasteiger partial charge >= 0.3 is 0 Å². The standard InChI is InChI=1S/C4H5O3.Rf/c1-7-4(6)2-3-5;/h2,5H,1H3;/q-1;. The first kappa shape index (κ1) is 9.38. The van der Waals surface area contributed by atoms with E-state index in [1.165, 1.54) is 13.4 Å². The third-order valence-electron chi connectivity index (χ3n) is 0.384. The fraction of sp³-hybridized carbons (Fsp3) is 0.250. The van der Waals surface area contributed by atoms with E-state index >= 15 is 0 Å². The number of hydrogen-bond acceptors (Lipinski definition) is 3. The number of ether oxygens (including phenoxy) is 1. The SMILES string of the molecule is COC(=O)C=[C-]O.[Rf]. The summed E-state index contributed by atoms with van der Waals surface area (Å²) in [5, 5.41) is 7.76. The van der Waals surface area contributed by atoms with E-state index in [2.05, 4.69) is 4.74 Å². The Balaban J connectivity index is 0. The molecular weight excluding hydrogens is 363 g/mol. The molecule has 0 saturated carbocycles. The number of aliphatic hydroxyl groups is 1. The van der Waals surface area contributed by atoms with Gasteiger partial charge in [0.15, 0.2) is 5.97 Å². The zero-order valence-electron chi connectivity index (χ0n) is 4.55. The van der Waals surface area contributed by atoms with Crippen LogP contribution in [0.3, 0.4) is 0 Å². The van der Waals surface area contributed by atoms with Crippen molar-refractivity contribution in [3.8, 4) is 0 Å². The van der Waals surface area contributed by atoms with E-state index < -0.39 is 5.97 Å². The molecule has 1 N–H and O–H groups in total. The van der Waals surface area contributed by atoms with Crippen LogP contribution in [0.4, 0.5) is 0 Å². The molecule has 3 nitrogen and oxygen atoms in total. The van der Waals surface area contributed by atoms with Crippen molar-refractivity contribution in [2.75, 3.05) is 7.11 Å². The Morgan fingerprint density at radius 3 is 2.50 bits per heavy atom. The van der Waals surface area contributed by atoms with Gasteiger partial charge in [-0.25, -0.2) is 0 Å². The van der Waals surface area contributed by atoms with Crippen LogP contribution in [-0.2, 0) is 9.53 Å². The van der Waals surface area contributed by atoms with E-state index in [4.69, 9.17) is 5.11 Å². The molecule has 0 aliphatic carbocycles. The van der Waals surface area contributed by atoms with Gasteiger partial charge in [0.25, 0.3) is 0 Å². The number of rotatable bonds is 1. The van der Waals surface area contributed by atoms with Crippen LogP contribution in [0.1, 0.15) is 0 Å². The quantitative estimate of drug-likeness (QED) is 0.308. The molecule has 0 spiro atoms. The predicted molar refractivity (Wildman–Crippen MR) is 22.5 cm³/mol.